The van der Waals surface area contributed by atoms with E-state index in [0.717, 1.165) is 5.56 Å². The third kappa shape index (κ3) is 1.93. The molecule has 0 aromatic heterocycles. The van der Waals surface area contributed by atoms with E-state index in [9.17, 15) is 0 Å². The fourth-order valence-electron chi connectivity index (χ4n) is 1.15. The number of methoxy groups -OCH3 is 2. The maximum absolute atomic E-state index is 5.30. The molecule has 0 heterocycles. The normalized spacial score (nSPS) is 10.3. The fourth-order valence-corrected chi connectivity index (χ4v) is 1.15. The van der Waals surface area contributed by atoms with Gasteiger partial charge in [-0.2, -0.15) is 0 Å². The Morgan fingerprint density at radius 3 is 2.54 bits per heavy atom. The van der Waals surface area contributed by atoms with Crippen molar-refractivity contribution in [1.82, 2.24) is 0 Å². The lowest BCUT2D eigenvalue weighted by atomic mass is 10.2. The highest BCUT2D eigenvalue weighted by atomic mass is 16.5. The number of para-hydroxylation sites is 1. The van der Waals surface area contributed by atoms with Crippen LogP contribution in [0.25, 0.3) is 6.08 Å². The van der Waals surface area contributed by atoms with Crippen LogP contribution in [0.15, 0.2) is 24.4 Å². The van der Waals surface area contributed by atoms with Crippen LogP contribution in [0.4, 0.5) is 0 Å². The molecule has 2 N–H and O–H groups in total. The van der Waals surface area contributed by atoms with Gasteiger partial charge in [0, 0.05) is 5.56 Å². The quantitative estimate of drug-likeness (QED) is 0.767. The molecule has 0 amide bonds. The zero-order chi connectivity index (χ0) is 9.68. The predicted octanol–water partition coefficient (Wildman–Crippen LogP) is 1.63. The van der Waals surface area contributed by atoms with Crippen molar-refractivity contribution in [3.63, 3.8) is 0 Å². The number of rotatable bonds is 3. The summed E-state index contributed by atoms with van der Waals surface area (Å²) in [6.07, 6.45) is 3.23. The van der Waals surface area contributed by atoms with E-state index in [2.05, 4.69) is 0 Å². The van der Waals surface area contributed by atoms with Crippen LogP contribution in [-0.4, -0.2) is 14.2 Å². The summed E-state index contributed by atoms with van der Waals surface area (Å²) in [6, 6.07) is 5.63. The van der Waals surface area contributed by atoms with Crippen LogP contribution >= 0.6 is 0 Å². The molecule has 0 aliphatic heterocycles. The van der Waals surface area contributed by atoms with E-state index >= 15 is 0 Å². The van der Waals surface area contributed by atoms with Crippen molar-refractivity contribution in [3.05, 3.63) is 30.0 Å². The topological polar surface area (TPSA) is 44.5 Å². The Labute approximate surface area is 77.8 Å². The summed E-state index contributed by atoms with van der Waals surface area (Å²) < 4.78 is 10.3. The number of hydrogen-bond donors (Lipinski definition) is 1. The first kappa shape index (κ1) is 9.45. The van der Waals surface area contributed by atoms with Crippen molar-refractivity contribution in [1.29, 1.82) is 0 Å². The number of nitrogens with two attached hydrogens (primary N) is 1. The highest BCUT2D eigenvalue weighted by Gasteiger charge is 2.05. The van der Waals surface area contributed by atoms with Crippen LogP contribution in [0, 0.1) is 0 Å². The highest BCUT2D eigenvalue weighted by Crippen LogP contribution is 2.31. The Bertz CT molecular complexity index is 308. The average Bonchev–Trinajstić information content (AvgIpc) is 2.18. The van der Waals surface area contributed by atoms with E-state index in [4.69, 9.17) is 15.2 Å². The Hall–Kier alpha value is -1.64. The van der Waals surface area contributed by atoms with Crippen molar-refractivity contribution in [2.45, 2.75) is 0 Å². The lowest BCUT2D eigenvalue weighted by molar-refractivity contribution is 0.354. The smallest absolute Gasteiger partial charge is 0.167 e. The van der Waals surface area contributed by atoms with Crippen LogP contribution < -0.4 is 15.2 Å². The first-order valence-electron chi connectivity index (χ1n) is 3.92. The largest absolute Gasteiger partial charge is 0.493 e. The summed E-state index contributed by atoms with van der Waals surface area (Å²) in [6.45, 7) is 0. The van der Waals surface area contributed by atoms with Crippen LogP contribution in [0.3, 0.4) is 0 Å². The molecule has 0 aliphatic carbocycles. The first-order valence-corrected chi connectivity index (χ1v) is 3.92. The van der Waals surface area contributed by atoms with E-state index in [0.29, 0.717) is 11.5 Å². The van der Waals surface area contributed by atoms with Gasteiger partial charge in [0.2, 0.25) is 0 Å². The summed E-state index contributed by atoms with van der Waals surface area (Å²) in [5, 5.41) is 0. The summed E-state index contributed by atoms with van der Waals surface area (Å²) >= 11 is 0. The van der Waals surface area contributed by atoms with Gasteiger partial charge in [0.15, 0.2) is 11.5 Å². The van der Waals surface area contributed by atoms with E-state index in [1.54, 1.807) is 20.3 Å². The molecular weight excluding hydrogens is 166 g/mol. The van der Waals surface area contributed by atoms with E-state index in [1.807, 2.05) is 18.2 Å². The first-order chi connectivity index (χ1) is 6.33. The Morgan fingerprint density at radius 1 is 1.23 bits per heavy atom. The van der Waals surface area contributed by atoms with Crippen molar-refractivity contribution < 1.29 is 9.47 Å². The minimum absolute atomic E-state index is 0.701. The zero-order valence-electron chi connectivity index (χ0n) is 7.78. The summed E-state index contributed by atoms with van der Waals surface area (Å²) in [5.41, 5.74) is 6.21. The minimum Gasteiger partial charge on any atom is -0.493 e. The molecule has 0 saturated heterocycles. The van der Waals surface area contributed by atoms with Gasteiger partial charge < -0.3 is 15.2 Å². The summed E-state index contributed by atoms with van der Waals surface area (Å²) in [5.74, 6) is 1.41. The molecule has 0 spiro atoms. The molecule has 0 aliphatic rings. The Kier molecular flexibility index (Phi) is 3.20. The molecule has 3 heteroatoms. The average molecular weight is 179 g/mol. The lowest BCUT2D eigenvalue weighted by Crippen LogP contribution is -1.92. The number of ether oxygens (including phenoxy) is 2. The second-order valence-corrected chi connectivity index (χ2v) is 2.44. The van der Waals surface area contributed by atoms with Gasteiger partial charge in [0.1, 0.15) is 0 Å². The second kappa shape index (κ2) is 4.40. The number of hydrogen-bond acceptors (Lipinski definition) is 3. The maximum atomic E-state index is 5.30. The van der Waals surface area contributed by atoms with Crippen molar-refractivity contribution in [3.8, 4) is 11.5 Å². The lowest BCUT2D eigenvalue weighted by Gasteiger charge is -2.09. The third-order valence-electron chi connectivity index (χ3n) is 1.71. The molecule has 70 valence electrons. The van der Waals surface area contributed by atoms with Gasteiger partial charge in [-0.3, -0.25) is 0 Å². The van der Waals surface area contributed by atoms with Gasteiger partial charge in [-0.25, -0.2) is 0 Å². The van der Waals surface area contributed by atoms with Crippen molar-refractivity contribution in [2.24, 2.45) is 5.73 Å². The van der Waals surface area contributed by atoms with Crippen LogP contribution in [0.2, 0.25) is 0 Å². The fraction of sp³-hybridized carbons (Fsp3) is 0.200. The standard InChI is InChI=1S/C10H13NO2/c1-12-9-5-3-4-8(6-7-11)10(9)13-2/h3-7H,11H2,1-2H3. The monoisotopic (exact) mass is 179 g/mol. The van der Waals surface area contributed by atoms with Gasteiger partial charge in [0.25, 0.3) is 0 Å². The van der Waals surface area contributed by atoms with Crippen molar-refractivity contribution >= 4 is 6.08 Å². The van der Waals surface area contributed by atoms with Gasteiger partial charge in [0.05, 0.1) is 14.2 Å². The third-order valence-corrected chi connectivity index (χ3v) is 1.71. The Balaban J connectivity index is 3.18. The van der Waals surface area contributed by atoms with Gasteiger partial charge in [-0.15, -0.1) is 0 Å². The molecule has 0 radical (unpaired) electrons. The summed E-state index contributed by atoms with van der Waals surface area (Å²) in [7, 11) is 3.21. The Morgan fingerprint density at radius 2 is 2.00 bits per heavy atom. The van der Waals surface area contributed by atoms with Gasteiger partial charge in [-0.05, 0) is 18.3 Å². The molecule has 0 bridgehead atoms. The maximum Gasteiger partial charge on any atom is 0.167 e. The summed E-state index contributed by atoms with van der Waals surface area (Å²) in [4.78, 5) is 0. The van der Waals surface area contributed by atoms with Crippen LogP contribution in [0.1, 0.15) is 5.56 Å². The molecule has 0 atom stereocenters. The van der Waals surface area contributed by atoms with E-state index in [-0.39, 0.29) is 0 Å². The number of benzene rings is 1. The second-order valence-electron chi connectivity index (χ2n) is 2.44. The highest BCUT2D eigenvalue weighted by molar-refractivity contribution is 5.61. The minimum atomic E-state index is 0.701. The van der Waals surface area contributed by atoms with Gasteiger partial charge >= 0.3 is 0 Å². The van der Waals surface area contributed by atoms with Crippen molar-refractivity contribution in [2.75, 3.05) is 14.2 Å². The molecule has 0 fully saturated rings. The molecule has 0 unspecified atom stereocenters. The molecule has 1 aromatic rings. The van der Waals surface area contributed by atoms with E-state index in [1.165, 1.54) is 6.20 Å². The van der Waals surface area contributed by atoms with Gasteiger partial charge in [-0.1, -0.05) is 12.1 Å². The zero-order valence-corrected chi connectivity index (χ0v) is 7.78. The molecule has 3 nitrogen and oxygen atoms in total. The van der Waals surface area contributed by atoms with Crippen LogP contribution in [-0.2, 0) is 0 Å². The SMILES string of the molecule is COc1cccc(C=CN)c1OC. The molecule has 1 aromatic carbocycles. The molecule has 0 saturated carbocycles. The molecular formula is C10H13NO2. The van der Waals surface area contributed by atoms with E-state index < -0.39 is 0 Å². The van der Waals surface area contributed by atoms with Crippen LogP contribution in [0.5, 0.6) is 11.5 Å². The molecule has 1 rings (SSSR count). The predicted molar refractivity (Wildman–Crippen MR) is 52.8 cm³/mol. The molecule has 13 heavy (non-hydrogen) atoms.